The molecule has 3 rings (SSSR count). The molecule has 3 aromatic rings. The third-order valence-electron chi connectivity index (χ3n) is 2.03. The van der Waals surface area contributed by atoms with E-state index in [2.05, 4.69) is 29.9 Å². The van der Waals surface area contributed by atoms with Gasteiger partial charge in [0.1, 0.15) is 11.2 Å². The Bertz CT molecular complexity index is 595. The summed E-state index contributed by atoms with van der Waals surface area (Å²) in [5.74, 6) is 0.819. The first-order valence-electron chi connectivity index (χ1n) is 4.31. The molecule has 0 bridgehead atoms. The van der Waals surface area contributed by atoms with Crippen molar-refractivity contribution in [2.75, 3.05) is 5.73 Å². The normalized spacial score (nSPS) is 10.9. The fraction of sp³-hybridized carbons (Fsp3) is 0. The van der Waals surface area contributed by atoms with Crippen LogP contribution in [0.3, 0.4) is 0 Å². The number of hydrogen-bond acceptors (Lipinski definition) is 5. The number of aromatic nitrogens is 6. The van der Waals surface area contributed by atoms with Gasteiger partial charge in [-0.2, -0.15) is 4.98 Å². The van der Waals surface area contributed by atoms with Crippen molar-refractivity contribution in [2.24, 2.45) is 0 Å². The Morgan fingerprint density at radius 2 is 2.07 bits per heavy atom. The zero-order valence-electron chi connectivity index (χ0n) is 7.60. The van der Waals surface area contributed by atoms with E-state index in [0.717, 1.165) is 5.52 Å². The van der Waals surface area contributed by atoms with Gasteiger partial charge in [0.15, 0.2) is 11.5 Å². The highest BCUT2D eigenvalue weighted by atomic mass is 15.1. The van der Waals surface area contributed by atoms with Crippen LogP contribution in [0.2, 0.25) is 0 Å². The molecule has 74 valence electrons. The molecule has 0 spiro atoms. The number of anilines is 1. The Hall–Kier alpha value is -2.44. The summed E-state index contributed by atoms with van der Waals surface area (Å²) >= 11 is 0. The largest absolute Gasteiger partial charge is 0.368 e. The second-order valence-electron chi connectivity index (χ2n) is 2.97. The summed E-state index contributed by atoms with van der Waals surface area (Å²) < 4.78 is 0. The predicted molar refractivity (Wildman–Crippen MR) is 53.7 cm³/mol. The number of nitrogens with two attached hydrogens (primary N) is 1. The average molecular weight is 201 g/mol. The summed E-state index contributed by atoms with van der Waals surface area (Å²) in [6.45, 7) is 0. The number of aromatic amines is 2. The van der Waals surface area contributed by atoms with Crippen molar-refractivity contribution in [3.05, 3.63) is 18.7 Å². The second-order valence-corrected chi connectivity index (χ2v) is 2.97. The van der Waals surface area contributed by atoms with E-state index in [1.54, 1.807) is 18.7 Å². The van der Waals surface area contributed by atoms with E-state index in [9.17, 15) is 0 Å². The van der Waals surface area contributed by atoms with Gasteiger partial charge >= 0.3 is 0 Å². The van der Waals surface area contributed by atoms with Gasteiger partial charge in [0.05, 0.1) is 6.33 Å². The third kappa shape index (κ3) is 1.13. The lowest BCUT2D eigenvalue weighted by Crippen LogP contribution is -1.98. The summed E-state index contributed by atoms with van der Waals surface area (Å²) in [5.41, 5.74) is 7.45. The molecule has 4 N–H and O–H groups in total. The Morgan fingerprint density at radius 3 is 2.87 bits per heavy atom. The first kappa shape index (κ1) is 7.92. The quantitative estimate of drug-likeness (QED) is 0.525. The Balaban J connectivity index is 2.38. The zero-order valence-corrected chi connectivity index (χ0v) is 7.60. The van der Waals surface area contributed by atoms with Gasteiger partial charge in [0.2, 0.25) is 5.95 Å². The predicted octanol–water partition coefficient (Wildman–Crippen LogP) is 0.325. The van der Waals surface area contributed by atoms with E-state index in [1.807, 2.05) is 0 Å². The number of H-pyrrole nitrogens is 2. The van der Waals surface area contributed by atoms with Crippen molar-refractivity contribution in [1.82, 2.24) is 29.9 Å². The van der Waals surface area contributed by atoms with Gasteiger partial charge in [0, 0.05) is 12.4 Å². The summed E-state index contributed by atoms with van der Waals surface area (Å²) in [5, 5.41) is 0. The minimum atomic E-state index is 0.181. The molecule has 7 nitrogen and oxygen atoms in total. The molecule has 0 radical (unpaired) electrons. The van der Waals surface area contributed by atoms with E-state index in [0.29, 0.717) is 17.2 Å². The molecule has 15 heavy (non-hydrogen) atoms. The zero-order chi connectivity index (χ0) is 10.3. The summed E-state index contributed by atoms with van der Waals surface area (Å²) in [7, 11) is 0. The minimum absolute atomic E-state index is 0.181. The molecule has 0 aliphatic heterocycles. The highest BCUT2D eigenvalue weighted by Crippen LogP contribution is 2.20. The van der Waals surface area contributed by atoms with E-state index < -0.39 is 0 Å². The lowest BCUT2D eigenvalue weighted by Gasteiger charge is -1.98. The van der Waals surface area contributed by atoms with Crippen LogP contribution in [0.15, 0.2) is 18.7 Å². The number of nitrogens with zero attached hydrogens (tertiary/aromatic N) is 4. The molecule has 0 fully saturated rings. The lowest BCUT2D eigenvalue weighted by atomic mass is 10.3. The molecule has 0 atom stereocenters. The number of rotatable bonds is 1. The fourth-order valence-electron chi connectivity index (χ4n) is 1.42. The van der Waals surface area contributed by atoms with Crippen molar-refractivity contribution >= 4 is 17.1 Å². The SMILES string of the molecule is Nc1nc(-c2ncc[nH]2)c2[nH]cnc2n1. The van der Waals surface area contributed by atoms with Gasteiger partial charge in [-0.25, -0.2) is 15.0 Å². The molecule has 3 heterocycles. The summed E-state index contributed by atoms with van der Waals surface area (Å²) in [6, 6.07) is 0. The Morgan fingerprint density at radius 1 is 1.13 bits per heavy atom. The van der Waals surface area contributed by atoms with E-state index >= 15 is 0 Å². The first-order valence-corrected chi connectivity index (χ1v) is 4.31. The summed E-state index contributed by atoms with van der Waals surface area (Å²) in [6.07, 6.45) is 4.91. The molecule has 0 saturated heterocycles. The number of imidazole rings is 2. The Kier molecular flexibility index (Phi) is 1.46. The Labute approximate surface area is 83.8 Å². The van der Waals surface area contributed by atoms with Crippen LogP contribution in [0.5, 0.6) is 0 Å². The molecule has 0 aliphatic carbocycles. The van der Waals surface area contributed by atoms with E-state index in [4.69, 9.17) is 5.73 Å². The van der Waals surface area contributed by atoms with E-state index in [-0.39, 0.29) is 5.95 Å². The van der Waals surface area contributed by atoms with Crippen LogP contribution in [0, 0.1) is 0 Å². The monoisotopic (exact) mass is 201 g/mol. The van der Waals surface area contributed by atoms with Crippen LogP contribution >= 0.6 is 0 Å². The van der Waals surface area contributed by atoms with Crippen LogP contribution in [-0.4, -0.2) is 29.9 Å². The van der Waals surface area contributed by atoms with Gasteiger partial charge in [-0.05, 0) is 0 Å². The van der Waals surface area contributed by atoms with Crippen molar-refractivity contribution in [2.45, 2.75) is 0 Å². The van der Waals surface area contributed by atoms with Crippen molar-refractivity contribution in [3.63, 3.8) is 0 Å². The van der Waals surface area contributed by atoms with Crippen molar-refractivity contribution in [1.29, 1.82) is 0 Å². The summed E-state index contributed by atoms with van der Waals surface area (Å²) in [4.78, 5) is 22.1. The number of nitrogen functional groups attached to an aromatic ring is 1. The van der Waals surface area contributed by atoms with E-state index in [1.165, 1.54) is 0 Å². The fourth-order valence-corrected chi connectivity index (χ4v) is 1.42. The maximum Gasteiger partial charge on any atom is 0.222 e. The van der Waals surface area contributed by atoms with Crippen LogP contribution in [0.1, 0.15) is 0 Å². The highest BCUT2D eigenvalue weighted by molar-refractivity contribution is 5.85. The maximum atomic E-state index is 5.57. The smallest absolute Gasteiger partial charge is 0.222 e. The second kappa shape index (κ2) is 2.77. The van der Waals surface area contributed by atoms with Crippen molar-refractivity contribution < 1.29 is 0 Å². The third-order valence-corrected chi connectivity index (χ3v) is 2.03. The van der Waals surface area contributed by atoms with Gasteiger partial charge in [-0.1, -0.05) is 0 Å². The topological polar surface area (TPSA) is 109 Å². The molecule has 0 saturated carbocycles. The van der Waals surface area contributed by atoms with Crippen LogP contribution in [0.25, 0.3) is 22.7 Å². The molecule has 3 aromatic heterocycles. The minimum Gasteiger partial charge on any atom is -0.368 e. The van der Waals surface area contributed by atoms with Gasteiger partial charge < -0.3 is 15.7 Å². The molecule has 0 unspecified atom stereocenters. The standard InChI is InChI=1S/C8H7N7/c9-8-14-5(6-10-1-2-11-6)4-7(15-8)13-3-12-4/h1-3H,(H,10,11)(H3,9,12,13,14,15). The number of hydrogen-bond donors (Lipinski definition) is 3. The van der Waals surface area contributed by atoms with Crippen LogP contribution in [-0.2, 0) is 0 Å². The molecule has 0 amide bonds. The number of nitrogens with one attached hydrogen (secondary N) is 2. The molecular formula is C8H7N7. The van der Waals surface area contributed by atoms with Crippen LogP contribution < -0.4 is 5.73 Å². The highest BCUT2D eigenvalue weighted by Gasteiger charge is 2.11. The van der Waals surface area contributed by atoms with Crippen molar-refractivity contribution in [3.8, 4) is 11.5 Å². The maximum absolute atomic E-state index is 5.57. The molecule has 0 aliphatic rings. The van der Waals surface area contributed by atoms with Crippen LogP contribution in [0.4, 0.5) is 5.95 Å². The lowest BCUT2D eigenvalue weighted by molar-refractivity contribution is 1.18. The van der Waals surface area contributed by atoms with Gasteiger partial charge in [-0.15, -0.1) is 0 Å². The molecule has 0 aromatic carbocycles. The first-order chi connectivity index (χ1) is 7.34. The average Bonchev–Trinajstić information content (AvgIpc) is 2.86. The van der Waals surface area contributed by atoms with Gasteiger partial charge in [-0.3, -0.25) is 0 Å². The van der Waals surface area contributed by atoms with Gasteiger partial charge in [0.25, 0.3) is 0 Å². The number of fused-ring (bicyclic) bond motifs is 1. The molecule has 7 heteroatoms. The molecular weight excluding hydrogens is 194 g/mol.